The van der Waals surface area contributed by atoms with Crippen LogP contribution in [0.1, 0.15) is 54.2 Å². The number of carbonyl (C=O) groups is 3. The number of sulfonamides is 1. The molecule has 0 radical (unpaired) electrons. The molecule has 2 unspecified atom stereocenters. The van der Waals surface area contributed by atoms with E-state index in [0.717, 1.165) is 27.3 Å². The van der Waals surface area contributed by atoms with Crippen molar-refractivity contribution in [1.29, 1.82) is 0 Å². The molecule has 0 fully saturated rings. The Hall–Kier alpha value is -3.98. The zero-order valence-electron chi connectivity index (χ0n) is 24.3. The number of anilines is 1. The quantitative estimate of drug-likeness (QED) is 0.301. The Morgan fingerprint density at radius 3 is 2.20 bits per heavy atom. The number of nitrogens with one attached hydrogen (secondary N) is 1. The molecule has 0 bridgehead atoms. The molecule has 0 aliphatic rings. The number of amides is 2. The van der Waals surface area contributed by atoms with Gasteiger partial charge in [-0.3, -0.25) is 18.7 Å². The van der Waals surface area contributed by atoms with Crippen LogP contribution in [0.3, 0.4) is 0 Å². The van der Waals surface area contributed by atoms with Gasteiger partial charge in [-0.15, -0.1) is 0 Å². The average Bonchev–Trinajstić information content (AvgIpc) is 2.94. The van der Waals surface area contributed by atoms with Crippen LogP contribution >= 0.6 is 0 Å². The van der Waals surface area contributed by atoms with Gasteiger partial charge in [-0.2, -0.15) is 0 Å². The molecule has 41 heavy (non-hydrogen) atoms. The highest BCUT2D eigenvalue weighted by Crippen LogP contribution is 2.22. The number of Topliss-reactive ketones (excluding diaryl/α,β-unsaturated/α-hetero) is 1. The number of rotatable bonds is 13. The minimum atomic E-state index is -3.92. The van der Waals surface area contributed by atoms with E-state index >= 15 is 0 Å². The lowest BCUT2D eigenvalue weighted by Crippen LogP contribution is -2.54. The van der Waals surface area contributed by atoms with Crippen molar-refractivity contribution in [2.24, 2.45) is 0 Å². The molecule has 3 aromatic carbocycles. The zero-order chi connectivity index (χ0) is 30.2. The molecular weight excluding hydrogens is 538 g/mol. The number of carbonyl (C=O) groups excluding carboxylic acids is 3. The van der Waals surface area contributed by atoms with Crippen molar-refractivity contribution in [2.45, 2.75) is 59.2 Å². The summed E-state index contributed by atoms with van der Waals surface area (Å²) >= 11 is 0. The number of hydrogen-bond donors (Lipinski definition) is 1. The van der Waals surface area contributed by atoms with Crippen molar-refractivity contribution in [3.63, 3.8) is 0 Å². The summed E-state index contributed by atoms with van der Waals surface area (Å²) < 4.78 is 26.9. The smallest absolute Gasteiger partial charge is 0.244 e. The highest BCUT2D eigenvalue weighted by molar-refractivity contribution is 7.92. The summed E-state index contributed by atoms with van der Waals surface area (Å²) in [6.45, 7) is 6.77. The highest BCUT2D eigenvalue weighted by atomic mass is 32.2. The van der Waals surface area contributed by atoms with Crippen LogP contribution in [0.4, 0.5) is 5.69 Å². The first-order valence-electron chi connectivity index (χ1n) is 13.7. The number of nitrogens with zero attached hydrogens (tertiary/aromatic N) is 2. The third-order valence-corrected chi connectivity index (χ3v) is 8.23. The zero-order valence-corrected chi connectivity index (χ0v) is 25.1. The molecule has 0 aromatic heterocycles. The minimum Gasteiger partial charge on any atom is -0.352 e. The standard InChI is InChI=1S/C32H39N3O5S/c1-6-24(3)33-32(38)30(19-26-14-8-7-9-15-26)34(21-28-16-11-10-13-23(28)2)31(37)22-35(41(5,39)40)29-18-12-17-27(20-29)25(4)36/h7-18,20,24,30H,6,19,21-22H2,1-5H3,(H,33,38). The number of benzene rings is 3. The second kappa shape index (κ2) is 14.1. The van der Waals surface area contributed by atoms with Crippen LogP contribution in [-0.2, 0) is 32.6 Å². The van der Waals surface area contributed by atoms with Crippen molar-refractivity contribution < 1.29 is 22.8 Å². The van der Waals surface area contributed by atoms with Crippen LogP contribution in [0.15, 0.2) is 78.9 Å². The van der Waals surface area contributed by atoms with E-state index in [1.807, 2.05) is 75.4 Å². The molecule has 3 rings (SSSR count). The van der Waals surface area contributed by atoms with Crippen molar-refractivity contribution in [1.82, 2.24) is 10.2 Å². The van der Waals surface area contributed by atoms with Gasteiger partial charge in [-0.25, -0.2) is 8.42 Å². The number of ketones is 1. The molecule has 8 nitrogen and oxygen atoms in total. The molecule has 2 atom stereocenters. The molecule has 0 spiro atoms. The summed E-state index contributed by atoms with van der Waals surface area (Å²) in [4.78, 5) is 41.4. The molecule has 0 aliphatic heterocycles. The Morgan fingerprint density at radius 1 is 0.927 bits per heavy atom. The van der Waals surface area contributed by atoms with Crippen LogP contribution < -0.4 is 9.62 Å². The first-order chi connectivity index (χ1) is 19.4. The van der Waals surface area contributed by atoms with Crippen molar-refractivity contribution in [3.05, 3.63) is 101 Å². The van der Waals surface area contributed by atoms with Crippen LogP contribution in [0.25, 0.3) is 0 Å². The van der Waals surface area contributed by atoms with Gasteiger partial charge < -0.3 is 10.2 Å². The largest absolute Gasteiger partial charge is 0.352 e. The first-order valence-corrected chi connectivity index (χ1v) is 15.5. The van der Waals surface area contributed by atoms with E-state index in [4.69, 9.17) is 0 Å². The monoisotopic (exact) mass is 577 g/mol. The van der Waals surface area contributed by atoms with Gasteiger partial charge in [0.05, 0.1) is 11.9 Å². The van der Waals surface area contributed by atoms with E-state index < -0.39 is 28.5 Å². The maximum atomic E-state index is 14.2. The summed E-state index contributed by atoms with van der Waals surface area (Å²) in [5.41, 5.74) is 3.19. The van der Waals surface area contributed by atoms with Crippen molar-refractivity contribution >= 4 is 33.3 Å². The normalized spacial score (nSPS) is 12.7. The lowest BCUT2D eigenvalue weighted by molar-refractivity contribution is -0.140. The Balaban J connectivity index is 2.09. The maximum Gasteiger partial charge on any atom is 0.244 e. The first kappa shape index (κ1) is 31.5. The molecule has 1 N–H and O–H groups in total. The molecule has 0 saturated carbocycles. The maximum absolute atomic E-state index is 14.2. The molecule has 0 aliphatic carbocycles. The van der Waals surface area contributed by atoms with Gasteiger partial charge in [-0.1, -0.05) is 73.7 Å². The number of hydrogen-bond acceptors (Lipinski definition) is 5. The van der Waals surface area contributed by atoms with Gasteiger partial charge in [0.25, 0.3) is 0 Å². The second-order valence-corrected chi connectivity index (χ2v) is 12.3. The van der Waals surface area contributed by atoms with Gasteiger partial charge in [0.2, 0.25) is 21.8 Å². The minimum absolute atomic E-state index is 0.113. The topological polar surface area (TPSA) is 104 Å². The molecule has 0 heterocycles. The van der Waals surface area contributed by atoms with Crippen LogP contribution in [0.2, 0.25) is 0 Å². The Labute approximate surface area is 243 Å². The predicted molar refractivity (Wildman–Crippen MR) is 162 cm³/mol. The third kappa shape index (κ3) is 8.75. The van der Waals surface area contributed by atoms with E-state index in [-0.39, 0.29) is 36.4 Å². The van der Waals surface area contributed by atoms with Gasteiger partial charge in [-0.05, 0) is 56.0 Å². The van der Waals surface area contributed by atoms with Crippen molar-refractivity contribution in [2.75, 3.05) is 17.1 Å². The van der Waals surface area contributed by atoms with Gasteiger partial charge in [0.1, 0.15) is 12.6 Å². The van der Waals surface area contributed by atoms with E-state index in [1.165, 1.54) is 17.9 Å². The average molecular weight is 578 g/mol. The van der Waals surface area contributed by atoms with E-state index in [1.54, 1.807) is 18.2 Å². The lowest BCUT2D eigenvalue weighted by Gasteiger charge is -2.34. The summed E-state index contributed by atoms with van der Waals surface area (Å²) in [6.07, 6.45) is 1.98. The molecule has 9 heteroatoms. The fourth-order valence-electron chi connectivity index (χ4n) is 4.46. The van der Waals surface area contributed by atoms with Crippen LogP contribution in [-0.4, -0.2) is 55.8 Å². The molecule has 218 valence electrons. The van der Waals surface area contributed by atoms with Gasteiger partial charge >= 0.3 is 0 Å². The highest BCUT2D eigenvalue weighted by Gasteiger charge is 2.33. The Kier molecular flexibility index (Phi) is 10.8. The number of aryl methyl sites for hydroxylation is 1. The third-order valence-electron chi connectivity index (χ3n) is 7.09. The SMILES string of the molecule is CCC(C)NC(=O)C(Cc1ccccc1)N(Cc1ccccc1C)C(=O)CN(c1cccc(C(C)=O)c1)S(C)(=O)=O. The summed E-state index contributed by atoms with van der Waals surface area (Å²) in [7, 11) is -3.92. The predicted octanol–water partition coefficient (Wildman–Crippen LogP) is 4.52. The van der Waals surface area contributed by atoms with Crippen LogP contribution in [0, 0.1) is 6.92 Å². The second-order valence-electron chi connectivity index (χ2n) is 10.3. The fraction of sp³-hybridized carbons (Fsp3) is 0.344. The summed E-state index contributed by atoms with van der Waals surface area (Å²) in [6, 6.07) is 22.2. The van der Waals surface area contributed by atoms with E-state index in [0.29, 0.717) is 12.0 Å². The molecule has 3 aromatic rings. The summed E-state index contributed by atoms with van der Waals surface area (Å²) in [5, 5.41) is 3.02. The Bertz CT molecular complexity index is 1470. The van der Waals surface area contributed by atoms with Crippen molar-refractivity contribution in [3.8, 4) is 0 Å². The van der Waals surface area contributed by atoms with E-state index in [2.05, 4.69) is 5.32 Å². The van der Waals surface area contributed by atoms with Crippen LogP contribution in [0.5, 0.6) is 0 Å². The van der Waals surface area contributed by atoms with E-state index in [9.17, 15) is 22.8 Å². The summed E-state index contributed by atoms with van der Waals surface area (Å²) in [5.74, 6) is -1.07. The Morgan fingerprint density at radius 2 is 1.59 bits per heavy atom. The molecule has 2 amide bonds. The van der Waals surface area contributed by atoms with Gasteiger partial charge in [0.15, 0.2) is 5.78 Å². The molecular formula is C32H39N3O5S. The lowest BCUT2D eigenvalue weighted by atomic mass is 10.0. The fourth-order valence-corrected chi connectivity index (χ4v) is 5.30. The van der Waals surface area contributed by atoms with Gasteiger partial charge in [0, 0.05) is 24.6 Å². The molecule has 0 saturated heterocycles.